The summed E-state index contributed by atoms with van der Waals surface area (Å²) in [5.74, 6) is 1.87. The van der Waals surface area contributed by atoms with Crippen molar-refractivity contribution in [3.63, 3.8) is 0 Å². The highest BCUT2D eigenvalue weighted by Crippen LogP contribution is 2.19. The summed E-state index contributed by atoms with van der Waals surface area (Å²) in [7, 11) is 0. The lowest BCUT2D eigenvalue weighted by molar-refractivity contribution is -0.121. The summed E-state index contributed by atoms with van der Waals surface area (Å²) in [5, 5.41) is 7.58. The Morgan fingerprint density at radius 2 is 2.00 bits per heavy atom. The molecule has 0 radical (unpaired) electrons. The van der Waals surface area contributed by atoms with Gasteiger partial charge in [0.05, 0.1) is 6.61 Å². The number of aromatic nitrogens is 2. The van der Waals surface area contributed by atoms with Gasteiger partial charge in [0.1, 0.15) is 5.75 Å². The molecule has 1 amide bonds. The highest BCUT2D eigenvalue weighted by Gasteiger charge is 2.10. The highest BCUT2D eigenvalue weighted by atomic mass is 35.5. The van der Waals surface area contributed by atoms with E-state index in [4.69, 9.17) is 20.9 Å². The van der Waals surface area contributed by atoms with Crippen molar-refractivity contribution >= 4 is 17.5 Å². The van der Waals surface area contributed by atoms with Gasteiger partial charge in [0.2, 0.25) is 17.6 Å². The molecule has 6 nitrogen and oxygen atoms in total. The first kappa shape index (κ1) is 21.8. The molecule has 30 heavy (non-hydrogen) atoms. The van der Waals surface area contributed by atoms with Crippen molar-refractivity contribution in [2.45, 2.75) is 45.6 Å². The molecule has 1 heterocycles. The molecule has 2 aromatic carbocycles. The molecule has 7 heteroatoms. The summed E-state index contributed by atoms with van der Waals surface area (Å²) in [6, 6.07) is 15.1. The standard InChI is InChI=1S/C23H26ClN3O3/c1-2-3-14-29-20-7-4-6-17(15-20)16-25-21(28)8-5-9-22-26-23(27-30-22)18-10-12-19(24)13-11-18/h4,6-7,10-13,15H,2-3,5,8-9,14,16H2,1H3,(H,25,28). The number of hydrogen-bond donors (Lipinski definition) is 1. The second-order valence-corrected chi connectivity index (χ2v) is 7.43. The van der Waals surface area contributed by atoms with Gasteiger partial charge in [-0.3, -0.25) is 4.79 Å². The lowest BCUT2D eigenvalue weighted by Crippen LogP contribution is -2.22. The van der Waals surface area contributed by atoms with E-state index in [-0.39, 0.29) is 5.91 Å². The molecule has 1 N–H and O–H groups in total. The molecule has 3 aromatic rings. The third kappa shape index (κ3) is 6.88. The minimum absolute atomic E-state index is 0.00950. The zero-order chi connectivity index (χ0) is 21.2. The maximum atomic E-state index is 12.1. The predicted octanol–water partition coefficient (Wildman–Crippen LogP) is 5.21. The average Bonchev–Trinajstić information content (AvgIpc) is 3.22. The van der Waals surface area contributed by atoms with Crippen LogP contribution in [0.15, 0.2) is 53.1 Å². The highest BCUT2D eigenvalue weighted by molar-refractivity contribution is 6.30. The number of halogens is 1. The van der Waals surface area contributed by atoms with Crippen LogP contribution < -0.4 is 10.1 Å². The van der Waals surface area contributed by atoms with Crippen molar-refractivity contribution in [1.82, 2.24) is 15.5 Å². The molecule has 0 saturated heterocycles. The van der Waals surface area contributed by atoms with Crippen molar-refractivity contribution < 1.29 is 14.1 Å². The van der Waals surface area contributed by atoms with Crippen LogP contribution in [0.3, 0.4) is 0 Å². The molecule has 0 saturated carbocycles. The third-order valence-corrected chi connectivity index (χ3v) is 4.77. The number of nitrogens with zero attached hydrogens (tertiary/aromatic N) is 2. The van der Waals surface area contributed by atoms with Crippen LogP contribution in [0.4, 0.5) is 0 Å². The molecule has 3 rings (SSSR count). The number of nitrogens with one attached hydrogen (secondary N) is 1. The van der Waals surface area contributed by atoms with Crippen molar-refractivity contribution in [2.24, 2.45) is 0 Å². The predicted molar refractivity (Wildman–Crippen MR) is 116 cm³/mol. The van der Waals surface area contributed by atoms with Gasteiger partial charge >= 0.3 is 0 Å². The van der Waals surface area contributed by atoms with Gasteiger partial charge in [0.25, 0.3) is 0 Å². The number of unbranched alkanes of at least 4 members (excludes halogenated alkanes) is 1. The lowest BCUT2D eigenvalue weighted by atomic mass is 10.2. The fraction of sp³-hybridized carbons (Fsp3) is 0.348. The van der Waals surface area contributed by atoms with Crippen molar-refractivity contribution in [2.75, 3.05) is 6.61 Å². The average molecular weight is 428 g/mol. The van der Waals surface area contributed by atoms with E-state index in [1.807, 2.05) is 36.4 Å². The Morgan fingerprint density at radius 3 is 2.80 bits per heavy atom. The fourth-order valence-corrected chi connectivity index (χ4v) is 2.97. The zero-order valence-electron chi connectivity index (χ0n) is 17.1. The Bertz CT molecular complexity index is 941. The van der Waals surface area contributed by atoms with E-state index in [0.29, 0.717) is 49.2 Å². The van der Waals surface area contributed by atoms with Crippen LogP contribution in [0.1, 0.15) is 44.1 Å². The molecule has 0 fully saturated rings. The first-order chi connectivity index (χ1) is 14.6. The zero-order valence-corrected chi connectivity index (χ0v) is 17.8. The molecule has 0 aliphatic rings. The lowest BCUT2D eigenvalue weighted by Gasteiger charge is -2.08. The Labute approximate surface area is 181 Å². The molecule has 0 bridgehead atoms. The molecular formula is C23H26ClN3O3. The van der Waals surface area contributed by atoms with Gasteiger partial charge in [-0.05, 0) is 54.8 Å². The molecule has 0 spiro atoms. The quantitative estimate of drug-likeness (QED) is 0.425. The van der Waals surface area contributed by atoms with Gasteiger partial charge in [-0.2, -0.15) is 4.98 Å². The summed E-state index contributed by atoms with van der Waals surface area (Å²) in [4.78, 5) is 16.5. The Morgan fingerprint density at radius 1 is 1.17 bits per heavy atom. The largest absolute Gasteiger partial charge is 0.494 e. The number of hydrogen-bond acceptors (Lipinski definition) is 5. The minimum Gasteiger partial charge on any atom is -0.494 e. The third-order valence-electron chi connectivity index (χ3n) is 4.52. The van der Waals surface area contributed by atoms with Gasteiger partial charge in [-0.1, -0.05) is 42.2 Å². The molecule has 1 aromatic heterocycles. The number of rotatable bonds is 11. The monoisotopic (exact) mass is 427 g/mol. The van der Waals surface area contributed by atoms with Crippen molar-refractivity contribution in [3.8, 4) is 17.1 Å². The van der Waals surface area contributed by atoms with E-state index in [0.717, 1.165) is 29.7 Å². The Kier molecular flexibility index (Phi) is 8.27. The number of carbonyl (C=O) groups is 1. The van der Waals surface area contributed by atoms with Gasteiger partial charge in [-0.25, -0.2) is 0 Å². The maximum absolute atomic E-state index is 12.1. The summed E-state index contributed by atoms with van der Waals surface area (Å²) in [6.07, 6.45) is 3.71. The van der Waals surface area contributed by atoms with Crippen molar-refractivity contribution in [3.05, 3.63) is 65.0 Å². The normalized spacial score (nSPS) is 10.7. The number of aryl methyl sites for hydroxylation is 1. The second-order valence-electron chi connectivity index (χ2n) is 7.00. The smallest absolute Gasteiger partial charge is 0.226 e. The molecular weight excluding hydrogens is 402 g/mol. The van der Waals surface area contributed by atoms with Gasteiger partial charge in [-0.15, -0.1) is 0 Å². The van der Waals surface area contributed by atoms with E-state index >= 15 is 0 Å². The number of benzene rings is 2. The minimum atomic E-state index is -0.00950. The van der Waals surface area contributed by atoms with E-state index in [1.165, 1.54) is 0 Å². The van der Waals surface area contributed by atoms with E-state index in [2.05, 4.69) is 22.4 Å². The maximum Gasteiger partial charge on any atom is 0.226 e. The van der Waals surface area contributed by atoms with Gasteiger partial charge in [0, 0.05) is 30.0 Å². The summed E-state index contributed by atoms with van der Waals surface area (Å²) >= 11 is 5.89. The van der Waals surface area contributed by atoms with Crippen LogP contribution in [-0.4, -0.2) is 22.7 Å². The van der Waals surface area contributed by atoms with Gasteiger partial charge in [0.15, 0.2) is 0 Å². The summed E-state index contributed by atoms with van der Waals surface area (Å²) < 4.78 is 11.0. The second kappa shape index (κ2) is 11.4. The fourth-order valence-electron chi connectivity index (χ4n) is 2.84. The number of ether oxygens (including phenoxy) is 1. The Hall–Kier alpha value is -2.86. The van der Waals surface area contributed by atoms with Crippen LogP contribution in [0.2, 0.25) is 5.02 Å². The van der Waals surface area contributed by atoms with E-state index < -0.39 is 0 Å². The van der Waals surface area contributed by atoms with Crippen LogP contribution >= 0.6 is 11.6 Å². The van der Waals surface area contributed by atoms with Crippen LogP contribution in [0.25, 0.3) is 11.4 Å². The molecule has 0 atom stereocenters. The van der Waals surface area contributed by atoms with Crippen LogP contribution in [-0.2, 0) is 17.8 Å². The first-order valence-electron chi connectivity index (χ1n) is 10.2. The number of carbonyl (C=O) groups excluding carboxylic acids is 1. The van der Waals surface area contributed by atoms with Crippen molar-refractivity contribution in [1.29, 1.82) is 0 Å². The Balaban J connectivity index is 1.39. The SMILES string of the molecule is CCCCOc1cccc(CNC(=O)CCCc2nc(-c3ccc(Cl)cc3)no2)c1. The topological polar surface area (TPSA) is 77.2 Å². The van der Waals surface area contributed by atoms with E-state index in [9.17, 15) is 4.79 Å². The number of amides is 1. The first-order valence-corrected chi connectivity index (χ1v) is 10.6. The van der Waals surface area contributed by atoms with Gasteiger partial charge < -0.3 is 14.6 Å². The summed E-state index contributed by atoms with van der Waals surface area (Å²) in [5.41, 5.74) is 1.86. The van der Waals surface area contributed by atoms with E-state index in [1.54, 1.807) is 12.1 Å². The van der Waals surface area contributed by atoms with Crippen LogP contribution in [0, 0.1) is 0 Å². The van der Waals surface area contributed by atoms with Crippen LogP contribution in [0.5, 0.6) is 5.75 Å². The molecule has 0 unspecified atom stereocenters. The molecule has 0 aliphatic heterocycles. The molecule has 0 aliphatic carbocycles. The molecule has 158 valence electrons. The summed E-state index contributed by atoms with van der Waals surface area (Å²) in [6.45, 7) is 3.32.